The molecule has 1 rings (SSSR count). The zero-order valence-electron chi connectivity index (χ0n) is 6.11. The van der Waals surface area contributed by atoms with Crippen LogP contribution in [0.4, 0.5) is 0 Å². The second-order valence-corrected chi connectivity index (χ2v) is 2.20. The molecule has 0 saturated heterocycles. The van der Waals surface area contributed by atoms with Crippen LogP contribution in [0.3, 0.4) is 0 Å². The molecule has 6 nitrogen and oxygen atoms in total. The van der Waals surface area contributed by atoms with Gasteiger partial charge in [0.15, 0.2) is 0 Å². The number of carbonyl (C=O) groups is 1. The Labute approximate surface area is 66.6 Å². The van der Waals surface area contributed by atoms with Crippen molar-refractivity contribution in [1.29, 1.82) is 0 Å². The van der Waals surface area contributed by atoms with Crippen molar-refractivity contribution in [2.75, 3.05) is 0 Å². The number of nitrogens with one attached hydrogen (secondary N) is 1. The highest BCUT2D eigenvalue weighted by Gasteiger charge is 1.98. The van der Waals surface area contributed by atoms with E-state index in [1.54, 1.807) is 0 Å². The molecule has 3 N–H and O–H groups in total. The first-order chi connectivity index (χ1) is 5.59. The molecule has 1 aromatic rings. The lowest BCUT2D eigenvalue weighted by molar-refractivity contribution is -0.118. The summed E-state index contributed by atoms with van der Waals surface area (Å²) < 4.78 is 1.02. The van der Waals surface area contributed by atoms with Crippen LogP contribution in [-0.4, -0.2) is 15.5 Å². The summed E-state index contributed by atoms with van der Waals surface area (Å²) in [5.74, 6) is -0.635. The van der Waals surface area contributed by atoms with Crippen molar-refractivity contribution in [3.05, 3.63) is 33.1 Å². The molecule has 0 aliphatic rings. The van der Waals surface area contributed by atoms with E-state index in [9.17, 15) is 14.4 Å². The summed E-state index contributed by atoms with van der Waals surface area (Å²) in [7, 11) is 0. The topological polar surface area (TPSA) is 97.9 Å². The van der Waals surface area contributed by atoms with Gasteiger partial charge in [0.25, 0.3) is 5.56 Å². The van der Waals surface area contributed by atoms with E-state index in [1.165, 1.54) is 6.20 Å². The zero-order chi connectivity index (χ0) is 9.14. The van der Waals surface area contributed by atoms with E-state index in [-0.39, 0.29) is 6.54 Å². The Morgan fingerprint density at radius 1 is 1.58 bits per heavy atom. The molecule has 0 aliphatic carbocycles. The number of carbonyl (C=O) groups excluding carboxylic acids is 1. The van der Waals surface area contributed by atoms with E-state index in [4.69, 9.17) is 5.73 Å². The molecular formula is C6H7N3O3. The number of amides is 1. The fourth-order valence-corrected chi connectivity index (χ4v) is 0.737. The third-order valence-corrected chi connectivity index (χ3v) is 1.22. The SMILES string of the molecule is NC(=O)Cn1ccc(=O)[nH]c1=O. The van der Waals surface area contributed by atoms with Crippen molar-refractivity contribution in [1.82, 2.24) is 9.55 Å². The zero-order valence-corrected chi connectivity index (χ0v) is 6.11. The average Bonchev–Trinajstić information content (AvgIpc) is 1.94. The molecule has 64 valence electrons. The molecule has 0 bridgehead atoms. The van der Waals surface area contributed by atoms with Crippen molar-refractivity contribution in [3.8, 4) is 0 Å². The molecular weight excluding hydrogens is 162 g/mol. The van der Waals surface area contributed by atoms with Gasteiger partial charge in [-0.05, 0) is 0 Å². The molecule has 0 spiro atoms. The highest BCUT2D eigenvalue weighted by atomic mass is 16.2. The Kier molecular flexibility index (Phi) is 2.09. The largest absolute Gasteiger partial charge is 0.368 e. The van der Waals surface area contributed by atoms with Gasteiger partial charge in [-0.3, -0.25) is 19.1 Å². The van der Waals surface area contributed by atoms with Gasteiger partial charge < -0.3 is 5.73 Å². The van der Waals surface area contributed by atoms with Crippen molar-refractivity contribution >= 4 is 5.91 Å². The molecule has 1 aromatic heterocycles. The summed E-state index contributed by atoms with van der Waals surface area (Å²) >= 11 is 0. The maximum absolute atomic E-state index is 10.9. The Hall–Kier alpha value is -1.85. The van der Waals surface area contributed by atoms with Crippen LogP contribution in [0, 0.1) is 0 Å². The van der Waals surface area contributed by atoms with Gasteiger partial charge in [-0.1, -0.05) is 0 Å². The predicted molar refractivity (Wildman–Crippen MR) is 40.5 cm³/mol. The second kappa shape index (κ2) is 3.04. The average molecular weight is 169 g/mol. The van der Waals surface area contributed by atoms with Crippen LogP contribution in [0.25, 0.3) is 0 Å². The van der Waals surface area contributed by atoms with Gasteiger partial charge in [-0.25, -0.2) is 4.79 Å². The number of hydrogen-bond acceptors (Lipinski definition) is 3. The first-order valence-electron chi connectivity index (χ1n) is 3.17. The lowest BCUT2D eigenvalue weighted by Crippen LogP contribution is -2.32. The third kappa shape index (κ3) is 1.82. The summed E-state index contributed by atoms with van der Waals surface area (Å²) in [6.07, 6.45) is 1.21. The number of H-pyrrole nitrogens is 1. The van der Waals surface area contributed by atoms with Crippen LogP contribution in [0.5, 0.6) is 0 Å². The number of aromatic nitrogens is 2. The summed E-state index contributed by atoms with van der Waals surface area (Å²) in [4.78, 5) is 33.8. The molecule has 0 radical (unpaired) electrons. The van der Waals surface area contributed by atoms with Gasteiger partial charge in [-0.2, -0.15) is 0 Å². The number of rotatable bonds is 2. The van der Waals surface area contributed by atoms with E-state index >= 15 is 0 Å². The van der Waals surface area contributed by atoms with Crippen LogP contribution in [0.15, 0.2) is 21.9 Å². The van der Waals surface area contributed by atoms with Gasteiger partial charge in [0.1, 0.15) is 6.54 Å². The summed E-state index contributed by atoms with van der Waals surface area (Å²) in [5.41, 5.74) is 3.70. The molecule has 0 aromatic carbocycles. The number of nitrogens with zero attached hydrogens (tertiary/aromatic N) is 1. The van der Waals surface area contributed by atoms with Gasteiger partial charge in [-0.15, -0.1) is 0 Å². The standard InChI is InChI=1S/C6H7N3O3/c7-4(10)3-9-2-1-5(11)8-6(9)12/h1-2H,3H2,(H2,7,10)(H,8,11,12). The van der Waals surface area contributed by atoms with Crippen molar-refractivity contribution in [2.24, 2.45) is 5.73 Å². The molecule has 0 saturated carbocycles. The van der Waals surface area contributed by atoms with Crippen LogP contribution in [0.2, 0.25) is 0 Å². The van der Waals surface area contributed by atoms with Crippen molar-refractivity contribution < 1.29 is 4.79 Å². The molecule has 0 atom stereocenters. The summed E-state index contributed by atoms with van der Waals surface area (Å²) in [5, 5.41) is 0. The van der Waals surface area contributed by atoms with E-state index < -0.39 is 17.2 Å². The molecule has 0 fully saturated rings. The summed E-state index contributed by atoms with van der Waals surface area (Å²) in [6.45, 7) is -0.227. The maximum atomic E-state index is 10.9. The molecule has 0 unspecified atom stereocenters. The smallest absolute Gasteiger partial charge is 0.328 e. The first-order valence-corrected chi connectivity index (χ1v) is 3.17. The number of hydrogen-bond donors (Lipinski definition) is 2. The first kappa shape index (κ1) is 8.25. The lowest BCUT2D eigenvalue weighted by Gasteiger charge is -1.98. The van der Waals surface area contributed by atoms with E-state index in [0.717, 1.165) is 10.6 Å². The summed E-state index contributed by atoms with van der Waals surface area (Å²) in [6, 6.07) is 1.14. The number of nitrogens with two attached hydrogens (primary N) is 1. The van der Waals surface area contributed by atoms with E-state index in [1.807, 2.05) is 4.98 Å². The van der Waals surface area contributed by atoms with Crippen molar-refractivity contribution in [3.63, 3.8) is 0 Å². The van der Waals surface area contributed by atoms with E-state index in [2.05, 4.69) is 0 Å². The highest BCUT2D eigenvalue weighted by Crippen LogP contribution is 1.73. The minimum atomic E-state index is -0.638. The quantitative estimate of drug-likeness (QED) is 0.536. The van der Waals surface area contributed by atoms with Gasteiger partial charge in [0, 0.05) is 12.3 Å². The molecule has 1 amide bonds. The van der Waals surface area contributed by atoms with Gasteiger partial charge >= 0.3 is 5.69 Å². The molecule has 6 heteroatoms. The lowest BCUT2D eigenvalue weighted by atomic mass is 10.5. The fraction of sp³-hybridized carbons (Fsp3) is 0.167. The van der Waals surface area contributed by atoms with Gasteiger partial charge in [0.2, 0.25) is 5.91 Å². The minimum absolute atomic E-state index is 0.227. The molecule has 0 aliphatic heterocycles. The van der Waals surface area contributed by atoms with Crippen molar-refractivity contribution in [2.45, 2.75) is 6.54 Å². The van der Waals surface area contributed by atoms with Crippen LogP contribution in [-0.2, 0) is 11.3 Å². The Morgan fingerprint density at radius 2 is 2.25 bits per heavy atom. The molecule has 1 heterocycles. The van der Waals surface area contributed by atoms with Crippen LogP contribution in [0.1, 0.15) is 0 Å². The Bertz CT molecular complexity index is 403. The van der Waals surface area contributed by atoms with Crippen LogP contribution < -0.4 is 17.0 Å². The van der Waals surface area contributed by atoms with E-state index in [0.29, 0.717) is 0 Å². The normalized spacial score (nSPS) is 9.67. The highest BCUT2D eigenvalue weighted by molar-refractivity contribution is 5.73. The van der Waals surface area contributed by atoms with Crippen LogP contribution >= 0.6 is 0 Å². The Morgan fingerprint density at radius 3 is 2.75 bits per heavy atom. The third-order valence-electron chi connectivity index (χ3n) is 1.22. The van der Waals surface area contributed by atoms with Gasteiger partial charge in [0.05, 0.1) is 0 Å². The second-order valence-electron chi connectivity index (χ2n) is 2.20. The number of aromatic amines is 1. The monoisotopic (exact) mass is 169 g/mol. The Balaban J connectivity index is 3.10. The minimum Gasteiger partial charge on any atom is -0.368 e. The molecule has 12 heavy (non-hydrogen) atoms. The number of primary amides is 1. The maximum Gasteiger partial charge on any atom is 0.328 e. The fourth-order valence-electron chi connectivity index (χ4n) is 0.737. The predicted octanol–water partition coefficient (Wildman–Crippen LogP) is -1.98.